The summed E-state index contributed by atoms with van der Waals surface area (Å²) in [6.45, 7) is 11.7. The topological polar surface area (TPSA) is 47.3 Å². The van der Waals surface area contributed by atoms with Crippen LogP contribution in [0.15, 0.2) is 65.5 Å². The molecule has 5 heteroatoms. The molecule has 3 rings (SSSR count). The minimum absolute atomic E-state index is 0.663. The average molecular weight is 371 g/mol. The lowest BCUT2D eigenvalue weighted by molar-refractivity contribution is 0.314. The van der Waals surface area contributed by atoms with Crippen molar-refractivity contribution < 1.29 is 9.26 Å². The molecule has 2 aromatic heterocycles. The van der Waals surface area contributed by atoms with E-state index in [0.717, 1.165) is 53.2 Å². The molecule has 138 valence electrons. The average Bonchev–Trinajstić information content (AvgIpc) is 3.27. The molecule has 26 heavy (non-hydrogen) atoms. The number of aromatic nitrogens is 1. The molecular weight excluding hydrogens is 344 g/mol. The van der Waals surface area contributed by atoms with E-state index in [-0.39, 0.29) is 0 Å². The van der Waals surface area contributed by atoms with Gasteiger partial charge in [0.15, 0.2) is 5.58 Å². The van der Waals surface area contributed by atoms with Crippen LogP contribution in [0.4, 0.5) is 0 Å². The van der Waals surface area contributed by atoms with Crippen molar-refractivity contribution in [3.05, 3.63) is 61.0 Å². The van der Waals surface area contributed by atoms with Crippen molar-refractivity contribution >= 4 is 21.6 Å². The SMILES string of the molecule is C=CCC=C.CCCNCCOc1cccc(-c2noc3ccsc23)c1. The number of thiophene rings is 1. The van der Waals surface area contributed by atoms with Crippen LogP contribution in [0.25, 0.3) is 21.5 Å². The second kappa shape index (κ2) is 11.3. The maximum atomic E-state index is 5.77. The molecule has 1 aromatic carbocycles. The molecule has 0 fully saturated rings. The predicted octanol–water partition coefficient (Wildman–Crippen LogP) is 5.68. The number of allylic oxidation sites excluding steroid dienone is 2. The zero-order chi connectivity index (χ0) is 18.6. The van der Waals surface area contributed by atoms with Crippen LogP contribution in [0.1, 0.15) is 19.8 Å². The van der Waals surface area contributed by atoms with Crippen molar-refractivity contribution in [2.75, 3.05) is 19.7 Å². The lowest BCUT2D eigenvalue weighted by Gasteiger charge is -2.07. The van der Waals surface area contributed by atoms with Crippen LogP contribution in [0.3, 0.4) is 0 Å². The van der Waals surface area contributed by atoms with Gasteiger partial charge in [-0.2, -0.15) is 0 Å². The Morgan fingerprint density at radius 1 is 1.23 bits per heavy atom. The minimum Gasteiger partial charge on any atom is -0.492 e. The number of benzene rings is 1. The maximum Gasteiger partial charge on any atom is 0.178 e. The molecule has 0 aliphatic heterocycles. The Morgan fingerprint density at radius 3 is 2.81 bits per heavy atom. The largest absolute Gasteiger partial charge is 0.492 e. The summed E-state index contributed by atoms with van der Waals surface area (Å²) >= 11 is 1.64. The van der Waals surface area contributed by atoms with E-state index in [2.05, 4.69) is 30.6 Å². The van der Waals surface area contributed by atoms with Gasteiger partial charge in [-0.25, -0.2) is 0 Å². The zero-order valence-electron chi connectivity index (χ0n) is 15.2. The van der Waals surface area contributed by atoms with E-state index in [1.807, 2.05) is 47.9 Å². The van der Waals surface area contributed by atoms with E-state index in [4.69, 9.17) is 9.26 Å². The van der Waals surface area contributed by atoms with Crippen LogP contribution >= 0.6 is 11.3 Å². The standard InChI is InChI=1S/C16H18N2O2S.C5H8/c1-2-7-17-8-9-19-13-5-3-4-12(11-13)15-16-14(20-18-15)6-10-21-16;1-3-5-4-2/h3-6,10-11,17H,2,7-9H2,1H3;3-4H,1-2,5H2. The van der Waals surface area contributed by atoms with Gasteiger partial charge in [-0.3, -0.25) is 0 Å². The molecule has 0 spiro atoms. The number of hydrogen-bond donors (Lipinski definition) is 1. The van der Waals surface area contributed by atoms with Crippen molar-refractivity contribution in [2.45, 2.75) is 19.8 Å². The molecule has 0 atom stereocenters. The fraction of sp³-hybridized carbons (Fsp3) is 0.286. The number of rotatable bonds is 9. The Morgan fingerprint density at radius 2 is 2.08 bits per heavy atom. The molecule has 0 saturated heterocycles. The van der Waals surface area contributed by atoms with Gasteiger partial charge < -0.3 is 14.6 Å². The molecule has 0 unspecified atom stereocenters. The highest BCUT2D eigenvalue weighted by Crippen LogP contribution is 2.33. The first-order chi connectivity index (χ1) is 12.8. The molecular formula is C21H26N2O2S. The normalized spacial score (nSPS) is 10.2. The summed E-state index contributed by atoms with van der Waals surface area (Å²) in [7, 11) is 0. The molecule has 2 heterocycles. The fourth-order valence-electron chi connectivity index (χ4n) is 2.26. The highest BCUT2D eigenvalue weighted by Gasteiger charge is 2.12. The molecule has 0 bridgehead atoms. The first-order valence-electron chi connectivity index (χ1n) is 8.78. The van der Waals surface area contributed by atoms with E-state index in [0.29, 0.717) is 6.61 Å². The summed E-state index contributed by atoms with van der Waals surface area (Å²) in [6, 6.07) is 9.93. The van der Waals surface area contributed by atoms with Crippen molar-refractivity contribution in [3.63, 3.8) is 0 Å². The Kier molecular flexibility index (Phi) is 8.66. The van der Waals surface area contributed by atoms with Crippen LogP contribution in [0.2, 0.25) is 0 Å². The Balaban J connectivity index is 0.000000431. The molecule has 1 N–H and O–H groups in total. The van der Waals surface area contributed by atoms with E-state index in [1.165, 1.54) is 0 Å². The number of fused-ring (bicyclic) bond motifs is 1. The highest BCUT2D eigenvalue weighted by atomic mass is 32.1. The van der Waals surface area contributed by atoms with Crippen LogP contribution in [-0.4, -0.2) is 24.9 Å². The first-order valence-corrected chi connectivity index (χ1v) is 9.66. The smallest absolute Gasteiger partial charge is 0.178 e. The molecule has 0 amide bonds. The van der Waals surface area contributed by atoms with Gasteiger partial charge in [-0.15, -0.1) is 24.5 Å². The van der Waals surface area contributed by atoms with E-state index in [1.54, 1.807) is 11.3 Å². The van der Waals surface area contributed by atoms with E-state index in [9.17, 15) is 0 Å². The van der Waals surface area contributed by atoms with Gasteiger partial charge >= 0.3 is 0 Å². The van der Waals surface area contributed by atoms with Crippen LogP contribution in [-0.2, 0) is 0 Å². The highest BCUT2D eigenvalue weighted by molar-refractivity contribution is 7.17. The molecule has 3 aromatic rings. The zero-order valence-corrected chi connectivity index (χ0v) is 16.1. The summed E-state index contributed by atoms with van der Waals surface area (Å²) in [6.07, 6.45) is 5.68. The fourth-order valence-corrected chi connectivity index (χ4v) is 3.07. The van der Waals surface area contributed by atoms with E-state index >= 15 is 0 Å². The molecule has 0 aliphatic rings. The molecule has 0 aliphatic carbocycles. The number of nitrogens with zero attached hydrogens (tertiary/aromatic N) is 1. The summed E-state index contributed by atoms with van der Waals surface area (Å²) in [5, 5.41) is 9.49. The van der Waals surface area contributed by atoms with Gasteiger partial charge in [0.25, 0.3) is 0 Å². The maximum absolute atomic E-state index is 5.77. The Bertz CT molecular complexity index is 801. The summed E-state index contributed by atoms with van der Waals surface area (Å²) in [5.41, 5.74) is 2.75. The van der Waals surface area contributed by atoms with Crippen molar-refractivity contribution in [2.24, 2.45) is 0 Å². The number of ether oxygens (including phenoxy) is 1. The quantitative estimate of drug-likeness (QED) is 0.389. The lowest BCUT2D eigenvalue weighted by atomic mass is 10.1. The van der Waals surface area contributed by atoms with Crippen LogP contribution < -0.4 is 10.1 Å². The van der Waals surface area contributed by atoms with Crippen molar-refractivity contribution in [1.82, 2.24) is 10.5 Å². The third-order valence-corrected chi connectivity index (χ3v) is 4.40. The summed E-state index contributed by atoms with van der Waals surface area (Å²) in [4.78, 5) is 0. The third-order valence-electron chi connectivity index (χ3n) is 3.49. The van der Waals surface area contributed by atoms with Crippen molar-refractivity contribution in [1.29, 1.82) is 0 Å². The molecule has 4 nitrogen and oxygen atoms in total. The van der Waals surface area contributed by atoms with Gasteiger partial charge in [0.1, 0.15) is 22.8 Å². The first kappa shape index (κ1) is 19.9. The van der Waals surface area contributed by atoms with Gasteiger partial charge in [0.2, 0.25) is 0 Å². The van der Waals surface area contributed by atoms with Gasteiger partial charge in [-0.05, 0) is 43.0 Å². The molecule has 0 saturated carbocycles. The monoisotopic (exact) mass is 370 g/mol. The summed E-state index contributed by atoms with van der Waals surface area (Å²) < 4.78 is 12.2. The summed E-state index contributed by atoms with van der Waals surface area (Å²) in [5.74, 6) is 0.860. The van der Waals surface area contributed by atoms with Gasteiger partial charge in [0.05, 0.1) is 0 Å². The van der Waals surface area contributed by atoms with E-state index < -0.39 is 0 Å². The molecule has 0 radical (unpaired) electrons. The number of hydrogen-bond acceptors (Lipinski definition) is 5. The third kappa shape index (κ3) is 5.86. The lowest BCUT2D eigenvalue weighted by Crippen LogP contribution is -2.21. The van der Waals surface area contributed by atoms with Gasteiger partial charge in [0, 0.05) is 12.1 Å². The van der Waals surface area contributed by atoms with Crippen LogP contribution in [0, 0.1) is 0 Å². The second-order valence-corrected chi connectivity index (χ2v) is 6.50. The van der Waals surface area contributed by atoms with Crippen molar-refractivity contribution in [3.8, 4) is 17.0 Å². The minimum atomic E-state index is 0.663. The Labute approximate surface area is 159 Å². The predicted molar refractivity (Wildman–Crippen MR) is 111 cm³/mol. The Hall–Kier alpha value is -2.37. The van der Waals surface area contributed by atoms with Crippen LogP contribution in [0.5, 0.6) is 5.75 Å². The number of nitrogens with one attached hydrogen (secondary N) is 1. The second-order valence-electron chi connectivity index (χ2n) is 5.58. The van der Waals surface area contributed by atoms with Gasteiger partial charge in [-0.1, -0.05) is 36.4 Å².